The average Bonchev–Trinajstić information content (AvgIpc) is 2.71. The summed E-state index contributed by atoms with van der Waals surface area (Å²) < 4.78 is 17.8. The number of esters is 1. The van der Waals surface area contributed by atoms with E-state index in [0.717, 1.165) is 42.2 Å². The lowest BCUT2D eigenvalue weighted by atomic mass is 9.90. The second-order valence-corrected chi connectivity index (χ2v) is 14.9. The Labute approximate surface area is 189 Å². The SMILES string of the molecule is CO[C@](C)(C(=O)O[C@H](C)CCCCO[Si](C)(C)C(C)(C)C)c1cccc2ccccc12. The van der Waals surface area contributed by atoms with E-state index in [0.29, 0.717) is 0 Å². The summed E-state index contributed by atoms with van der Waals surface area (Å²) in [4.78, 5) is 13.1. The minimum atomic E-state index is -1.70. The van der Waals surface area contributed by atoms with Crippen LogP contribution in [-0.2, 0) is 24.3 Å². The summed E-state index contributed by atoms with van der Waals surface area (Å²) in [5.41, 5.74) is -0.325. The van der Waals surface area contributed by atoms with Crippen molar-refractivity contribution in [3.05, 3.63) is 48.0 Å². The first-order valence-electron chi connectivity index (χ1n) is 11.3. The van der Waals surface area contributed by atoms with Crippen molar-refractivity contribution in [2.45, 2.75) is 83.7 Å². The van der Waals surface area contributed by atoms with Crippen molar-refractivity contribution in [2.24, 2.45) is 0 Å². The highest BCUT2D eigenvalue weighted by molar-refractivity contribution is 6.74. The van der Waals surface area contributed by atoms with Crippen molar-refractivity contribution in [3.8, 4) is 0 Å². The summed E-state index contributed by atoms with van der Waals surface area (Å²) in [6, 6.07) is 13.9. The second-order valence-electron chi connectivity index (χ2n) is 10.1. The topological polar surface area (TPSA) is 44.8 Å². The maximum atomic E-state index is 13.1. The Bertz CT molecular complexity index is 866. The molecule has 0 saturated carbocycles. The average molecular weight is 445 g/mol. The van der Waals surface area contributed by atoms with E-state index in [9.17, 15) is 4.79 Å². The van der Waals surface area contributed by atoms with Gasteiger partial charge >= 0.3 is 5.97 Å². The third-order valence-electron chi connectivity index (χ3n) is 6.68. The van der Waals surface area contributed by atoms with Gasteiger partial charge in [-0.15, -0.1) is 0 Å². The van der Waals surface area contributed by atoms with E-state index in [1.807, 2.05) is 49.4 Å². The fraction of sp³-hybridized carbons (Fsp3) is 0.577. The van der Waals surface area contributed by atoms with Gasteiger partial charge in [0.1, 0.15) is 0 Å². The number of ether oxygens (including phenoxy) is 2. The molecule has 0 aliphatic rings. The second kappa shape index (κ2) is 10.3. The van der Waals surface area contributed by atoms with Crippen LogP contribution in [0.4, 0.5) is 0 Å². The molecule has 4 nitrogen and oxygen atoms in total. The van der Waals surface area contributed by atoms with Gasteiger partial charge in [0.15, 0.2) is 13.9 Å². The Kier molecular flexibility index (Phi) is 8.48. The van der Waals surface area contributed by atoms with Crippen molar-refractivity contribution in [3.63, 3.8) is 0 Å². The van der Waals surface area contributed by atoms with Gasteiger partial charge in [-0.25, -0.2) is 4.79 Å². The molecule has 0 aliphatic heterocycles. The van der Waals surface area contributed by atoms with Crippen LogP contribution in [0.25, 0.3) is 10.8 Å². The van der Waals surface area contributed by atoms with Gasteiger partial charge < -0.3 is 13.9 Å². The molecule has 31 heavy (non-hydrogen) atoms. The maximum absolute atomic E-state index is 13.1. The van der Waals surface area contributed by atoms with Crippen molar-refractivity contribution in [1.82, 2.24) is 0 Å². The molecule has 172 valence electrons. The Hall–Kier alpha value is -1.69. The van der Waals surface area contributed by atoms with Crippen molar-refractivity contribution >= 4 is 25.1 Å². The van der Waals surface area contributed by atoms with E-state index in [1.165, 1.54) is 0 Å². The monoisotopic (exact) mass is 444 g/mol. The highest BCUT2D eigenvalue weighted by Gasteiger charge is 2.39. The zero-order valence-corrected chi connectivity index (χ0v) is 21.6. The molecule has 0 N–H and O–H groups in total. The van der Waals surface area contributed by atoms with E-state index in [2.05, 4.69) is 33.9 Å². The normalized spacial score (nSPS) is 15.5. The molecule has 0 amide bonds. The quantitative estimate of drug-likeness (QED) is 0.229. The van der Waals surface area contributed by atoms with Gasteiger partial charge in [-0.2, -0.15) is 0 Å². The highest BCUT2D eigenvalue weighted by atomic mass is 28.4. The summed E-state index contributed by atoms with van der Waals surface area (Å²) in [5, 5.41) is 2.30. The molecule has 2 rings (SSSR count). The predicted octanol–water partition coefficient (Wildman–Crippen LogP) is 6.83. The molecule has 0 aromatic heterocycles. The maximum Gasteiger partial charge on any atom is 0.343 e. The fourth-order valence-electron chi connectivity index (χ4n) is 3.38. The zero-order valence-electron chi connectivity index (χ0n) is 20.6. The number of hydrogen-bond donors (Lipinski definition) is 0. The van der Waals surface area contributed by atoms with Crippen LogP contribution in [0.2, 0.25) is 18.1 Å². The number of fused-ring (bicyclic) bond motifs is 1. The molecular formula is C26H40O4Si. The molecule has 0 aliphatic carbocycles. The number of methoxy groups -OCH3 is 1. The van der Waals surface area contributed by atoms with Gasteiger partial charge in [0.25, 0.3) is 0 Å². The van der Waals surface area contributed by atoms with Crippen LogP contribution in [0.3, 0.4) is 0 Å². The van der Waals surface area contributed by atoms with Crippen LogP contribution in [-0.4, -0.2) is 34.1 Å². The van der Waals surface area contributed by atoms with Crippen molar-refractivity contribution < 1.29 is 18.7 Å². The number of carbonyl (C=O) groups is 1. The summed E-state index contributed by atoms with van der Waals surface area (Å²) in [5.74, 6) is -0.351. The smallest absolute Gasteiger partial charge is 0.343 e. The highest BCUT2D eigenvalue weighted by Crippen LogP contribution is 2.36. The number of unbranched alkanes of at least 4 members (excludes halogenated alkanes) is 1. The van der Waals surface area contributed by atoms with Crippen LogP contribution in [0, 0.1) is 0 Å². The van der Waals surface area contributed by atoms with E-state index >= 15 is 0 Å². The lowest BCUT2D eigenvalue weighted by molar-refractivity contribution is -0.173. The molecule has 2 atom stereocenters. The zero-order chi connectivity index (χ0) is 23.3. The summed E-state index contributed by atoms with van der Waals surface area (Å²) in [6.07, 6.45) is 2.56. The van der Waals surface area contributed by atoms with E-state index in [1.54, 1.807) is 14.0 Å². The van der Waals surface area contributed by atoms with Gasteiger partial charge in [0, 0.05) is 19.3 Å². The number of carbonyl (C=O) groups excluding carboxylic acids is 1. The van der Waals surface area contributed by atoms with Crippen LogP contribution >= 0.6 is 0 Å². The fourth-order valence-corrected chi connectivity index (χ4v) is 4.46. The number of hydrogen-bond acceptors (Lipinski definition) is 4. The lowest BCUT2D eigenvalue weighted by Gasteiger charge is -2.36. The number of rotatable bonds is 10. The minimum Gasteiger partial charge on any atom is -0.460 e. The van der Waals surface area contributed by atoms with Crippen LogP contribution < -0.4 is 0 Å². The first kappa shape index (κ1) is 25.6. The molecule has 0 spiro atoms. The van der Waals surface area contributed by atoms with Gasteiger partial charge in [0.05, 0.1) is 6.10 Å². The van der Waals surface area contributed by atoms with E-state index in [4.69, 9.17) is 13.9 Å². The standard InChI is InChI=1S/C26H40O4Si/c1-20(14-11-12-19-29-31(7,8)25(2,3)4)30-24(27)26(5,28-6)23-18-13-16-21-15-9-10-17-22(21)23/h9-10,13,15-18,20H,11-12,14,19H2,1-8H3/t20-,26+/m1/s1. The summed E-state index contributed by atoms with van der Waals surface area (Å²) in [6.45, 7) is 15.8. The van der Waals surface area contributed by atoms with Crippen LogP contribution in [0.1, 0.15) is 59.4 Å². The Balaban J connectivity index is 1.93. The molecule has 0 heterocycles. The third kappa shape index (κ3) is 6.18. The Morgan fingerprint density at radius 1 is 1.00 bits per heavy atom. The Morgan fingerprint density at radius 3 is 2.29 bits per heavy atom. The Morgan fingerprint density at radius 2 is 1.65 bits per heavy atom. The largest absolute Gasteiger partial charge is 0.460 e. The molecule has 2 aromatic rings. The molecule has 0 fully saturated rings. The third-order valence-corrected chi connectivity index (χ3v) is 11.2. The van der Waals surface area contributed by atoms with Gasteiger partial charge in [-0.05, 0) is 62.0 Å². The van der Waals surface area contributed by atoms with Gasteiger partial charge in [0.2, 0.25) is 0 Å². The van der Waals surface area contributed by atoms with Crippen LogP contribution in [0.15, 0.2) is 42.5 Å². The van der Waals surface area contributed by atoms with Crippen molar-refractivity contribution in [1.29, 1.82) is 0 Å². The molecule has 0 bridgehead atoms. The van der Waals surface area contributed by atoms with E-state index in [-0.39, 0.29) is 17.1 Å². The molecular weight excluding hydrogens is 404 g/mol. The van der Waals surface area contributed by atoms with Crippen LogP contribution in [0.5, 0.6) is 0 Å². The molecule has 5 heteroatoms. The number of benzene rings is 2. The van der Waals surface area contributed by atoms with Crippen molar-refractivity contribution in [2.75, 3.05) is 13.7 Å². The molecule has 0 radical (unpaired) electrons. The van der Waals surface area contributed by atoms with E-state index < -0.39 is 13.9 Å². The molecule has 0 unspecified atom stereocenters. The first-order chi connectivity index (χ1) is 14.4. The summed E-state index contributed by atoms with van der Waals surface area (Å²) in [7, 11) is -0.139. The first-order valence-corrected chi connectivity index (χ1v) is 14.2. The predicted molar refractivity (Wildman–Crippen MR) is 131 cm³/mol. The molecule has 2 aromatic carbocycles. The van der Waals surface area contributed by atoms with Gasteiger partial charge in [-0.1, -0.05) is 63.2 Å². The summed E-state index contributed by atoms with van der Waals surface area (Å²) >= 11 is 0. The minimum absolute atomic E-state index is 0.176. The molecule has 0 saturated heterocycles. The van der Waals surface area contributed by atoms with Gasteiger partial charge in [-0.3, -0.25) is 0 Å². The lowest BCUT2D eigenvalue weighted by Crippen LogP contribution is -2.41.